The molecule has 1 aromatic rings. The van der Waals surface area contributed by atoms with Crippen molar-refractivity contribution in [3.63, 3.8) is 0 Å². The quantitative estimate of drug-likeness (QED) is 0.344. The Hall–Kier alpha value is -2.62. The molecule has 35 heavy (non-hydrogen) atoms. The highest BCUT2D eigenvalue weighted by Crippen LogP contribution is 2.53. The van der Waals surface area contributed by atoms with Gasteiger partial charge in [-0.05, 0) is 60.1 Å². The van der Waals surface area contributed by atoms with Crippen molar-refractivity contribution in [3.05, 3.63) is 64.3 Å². The Morgan fingerprint density at radius 3 is 2.57 bits per heavy atom. The zero-order valence-corrected chi connectivity index (χ0v) is 22.1. The van der Waals surface area contributed by atoms with Gasteiger partial charge in [0.2, 0.25) is 5.76 Å². The van der Waals surface area contributed by atoms with Crippen molar-refractivity contribution < 1.29 is 14.3 Å². The smallest absolute Gasteiger partial charge is 0.371 e. The summed E-state index contributed by atoms with van der Waals surface area (Å²) in [6.45, 7) is 11.7. The Kier molecular flexibility index (Phi) is 7.40. The summed E-state index contributed by atoms with van der Waals surface area (Å²) in [6.07, 6.45) is 19.7. The van der Waals surface area contributed by atoms with Crippen molar-refractivity contribution >= 4 is 17.8 Å². The van der Waals surface area contributed by atoms with Gasteiger partial charge in [0, 0.05) is 16.9 Å². The van der Waals surface area contributed by atoms with Crippen LogP contribution in [0.25, 0.3) is 6.08 Å². The van der Waals surface area contributed by atoms with Crippen LogP contribution in [-0.4, -0.2) is 16.8 Å². The molecule has 4 nitrogen and oxygen atoms in total. The number of carboxylic acids is 1. The van der Waals surface area contributed by atoms with Gasteiger partial charge in [-0.1, -0.05) is 85.3 Å². The van der Waals surface area contributed by atoms with Crippen LogP contribution in [0.2, 0.25) is 0 Å². The van der Waals surface area contributed by atoms with Gasteiger partial charge in [0.1, 0.15) is 5.76 Å². The third-order valence-electron chi connectivity index (χ3n) is 7.59. The van der Waals surface area contributed by atoms with Crippen LogP contribution in [-0.2, 0) is 0 Å². The third kappa shape index (κ3) is 5.63. The molecule has 2 heterocycles. The van der Waals surface area contributed by atoms with E-state index < -0.39 is 5.97 Å². The average Bonchev–Trinajstić information content (AvgIpc) is 3.40. The van der Waals surface area contributed by atoms with E-state index in [4.69, 9.17) is 14.5 Å². The standard InChI is InChI=1S/C31H41NO3/c1-6-7-8-9-10-11-12-21-13-14-22(15-16-23-17-18-25(35-23)29(33)34)27-26(21)24-19-30(2,3)20-31(4,5)28(24)32-27/h13-18,21H,6-12,19-20H2,1-5H3,(H,33,34). The van der Waals surface area contributed by atoms with Crippen LogP contribution in [0.5, 0.6) is 0 Å². The van der Waals surface area contributed by atoms with Crippen LogP contribution < -0.4 is 0 Å². The Bertz CT molecular complexity index is 1120. The molecule has 0 bridgehead atoms. The molecule has 1 atom stereocenters. The summed E-state index contributed by atoms with van der Waals surface area (Å²) in [5.41, 5.74) is 6.67. The Morgan fingerprint density at radius 1 is 1.11 bits per heavy atom. The van der Waals surface area contributed by atoms with E-state index >= 15 is 0 Å². The van der Waals surface area contributed by atoms with Crippen LogP contribution >= 0.6 is 0 Å². The highest BCUT2D eigenvalue weighted by Gasteiger charge is 2.46. The van der Waals surface area contributed by atoms with Gasteiger partial charge >= 0.3 is 5.97 Å². The number of nitrogens with zero attached hydrogens (tertiary/aromatic N) is 1. The molecule has 1 saturated carbocycles. The fourth-order valence-corrected chi connectivity index (χ4v) is 6.33. The second-order valence-corrected chi connectivity index (χ2v) is 11.9. The fraction of sp³-hybridized carbons (Fsp3) is 0.548. The molecule has 188 valence electrons. The normalized spacial score (nSPS) is 22.5. The number of rotatable bonds is 10. The van der Waals surface area contributed by atoms with Gasteiger partial charge < -0.3 is 9.52 Å². The average molecular weight is 476 g/mol. The summed E-state index contributed by atoms with van der Waals surface area (Å²) in [5, 5.41) is 9.15. The second kappa shape index (κ2) is 10.2. The summed E-state index contributed by atoms with van der Waals surface area (Å²) >= 11 is 0. The number of aromatic carboxylic acids is 1. The number of fused-ring (bicyclic) bond motifs is 2. The van der Waals surface area contributed by atoms with E-state index in [-0.39, 0.29) is 16.6 Å². The molecular weight excluding hydrogens is 434 g/mol. The number of hydrogen-bond acceptors (Lipinski definition) is 3. The topological polar surface area (TPSA) is 62.8 Å². The molecule has 2 aliphatic carbocycles. The number of unbranched alkanes of at least 4 members (excludes halogenated alkanes) is 5. The van der Waals surface area contributed by atoms with Gasteiger partial charge in [-0.2, -0.15) is 0 Å². The minimum absolute atomic E-state index is 0.0422. The Balaban J connectivity index is 1.64. The number of carbonyl (C=O) groups is 1. The molecule has 4 rings (SSSR count). The van der Waals surface area contributed by atoms with E-state index in [2.05, 4.69) is 46.8 Å². The van der Waals surface area contributed by atoms with Crippen molar-refractivity contribution in [1.29, 1.82) is 0 Å². The Labute approximate surface area is 210 Å². The zero-order chi connectivity index (χ0) is 25.2. The number of aliphatic imine (C=N–C) groups is 1. The van der Waals surface area contributed by atoms with Crippen LogP contribution in [0.1, 0.15) is 109 Å². The van der Waals surface area contributed by atoms with Gasteiger partial charge in [0.25, 0.3) is 0 Å². The lowest BCUT2D eigenvalue weighted by Crippen LogP contribution is -2.37. The molecule has 0 spiro atoms. The number of allylic oxidation sites excluding steroid dienone is 6. The third-order valence-corrected chi connectivity index (χ3v) is 7.59. The van der Waals surface area contributed by atoms with Crippen molar-refractivity contribution in [1.82, 2.24) is 0 Å². The first kappa shape index (κ1) is 25.5. The highest BCUT2D eigenvalue weighted by molar-refractivity contribution is 6.09. The molecule has 4 heteroatoms. The second-order valence-electron chi connectivity index (χ2n) is 11.9. The summed E-state index contributed by atoms with van der Waals surface area (Å²) in [6, 6.07) is 3.19. The maximum absolute atomic E-state index is 11.2. The summed E-state index contributed by atoms with van der Waals surface area (Å²) < 4.78 is 5.44. The van der Waals surface area contributed by atoms with E-state index in [0.717, 1.165) is 24.1 Å². The van der Waals surface area contributed by atoms with Crippen molar-refractivity contribution in [2.24, 2.45) is 21.7 Å². The van der Waals surface area contributed by atoms with Crippen LogP contribution in [0.15, 0.2) is 62.2 Å². The van der Waals surface area contributed by atoms with E-state index in [1.165, 1.54) is 67.9 Å². The van der Waals surface area contributed by atoms with Gasteiger partial charge in [-0.3, -0.25) is 4.99 Å². The molecule has 0 amide bonds. The minimum atomic E-state index is -1.05. The van der Waals surface area contributed by atoms with Crippen molar-refractivity contribution in [3.8, 4) is 0 Å². The molecule has 1 N–H and O–H groups in total. The molecule has 3 aliphatic rings. The SMILES string of the molecule is CCCCCCCCC1C=CC(C=Cc2ccc(C(=O)O)o2)=C2N=C3C(=C21)CC(C)(C)CC3(C)C. The van der Waals surface area contributed by atoms with Gasteiger partial charge in [0.05, 0.1) is 11.4 Å². The van der Waals surface area contributed by atoms with E-state index in [1.54, 1.807) is 6.07 Å². The predicted octanol–water partition coefficient (Wildman–Crippen LogP) is 8.78. The first-order valence-electron chi connectivity index (χ1n) is 13.4. The molecule has 0 radical (unpaired) electrons. The molecular formula is C31H41NO3. The largest absolute Gasteiger partial charge is 0.475 e. The van der Waals surface area contributed by atoms with E-state index in [0.29, 0.717) is 11.7 Å². The van der Waals surface area contributed by atoms with E-state index in [1.807, 2.05) is 12.2 Å². The van der Waals surface area contributed by atoms with Gasteiger partial charge in [-0.15, -0.1) is 0 Å². The summed E-state index contributed by atoms with van der Waals surface area (Å²) in [4.78, 5) is 16.5. The van der Waals surface area contributed by atoms with Crippen LogP contribution in [0.3, 0.4) is 0 Å². The monoisotopic (exact) mass is 475 g/mol. The zero-order valence-electron chi connectivity index (χ0n) is 22.1. The molecule has 1 aromatic heterocycles. The lowest BCUT2D eigenvalue weighted by atomic mass is 9.61. The predicted molar refractivity (Wildman–Crippen MR) is 144 cm³/mol. The Morgan fingerprint density at radius 2 is 1.86 bits per heavy atom. The number of carboxylic acid groups (broad SMARTS) is 1. The molecule has 0 aromatic carbocycles. The molecule has 0 saturated heterocycles. The van der Waals surface area contributed by atoms with Gasteiger partial charge in [0.15, 0.2) is 0 Å². The number of furan rings is 1. The van der Waals surface area contributed by atoms with Crippen LogP contribution in [0, 0.1) is 16.7 Å². The molecule has 1 unspecified atom stereocenters. The van der Waals surface area contributed by atoms with Gasteiger partial charge in [-0.25, -0.2) is 4.79 Å². The van der Waals surface area contributed by atoms with Crippen molar-refractivity contribution in [2.45, 2.75) is 92.4 Å². The summed E-state index contributed by atoms with van der Waals surface area (Å²) in [5.74, 6) is -0.141. The number of hydrogen-bond donors (Lipinski definition) is 1. The molecule has 1 aliphatic heterocycles. The first-order valence-corrected chi connectivity index (χ1v) is 13.4. The summed E-state index contributed by atoms with van der Waals surface area (Å²) in [7, 11) is 0. The van der Waals surface area contributed by atoms with Crippen molar-refractivity contribution in [2.75, 3.05) is 0 Å². The first-order chi connectivity index (χ1) is 16.6. The lowest BCUT2D eigenvalue weighted by molar-refractivity contribution is 0.0662. The highest BCUT2D eigenvalue weighted by atomic mass is 16.4. The molecule has 1 fully saturated rings. The minimum Gasteiger partial charge on any atom is -0.475 e. The maximum Gasteiger partial charge on any atom is 0.371 e. The fourth-order valence-electron chi connectivity index (χ4n) is 6.33. The van der Waals surface area contributed by atoms with E-state index in [9.17, 15) is 4.79 Å². The maximum atomic E-state index is 11.2. The van der Waals surface area contributed by atoms with Crippen LogP contribution in [0.4, 0.5) is 0 Å². The lowest BCUT2D eigenvalue weighted by Gasteiger charge is -2.42.